The topological polar surface area (TPSA) is 130 Å². The van der Waals surface area contributed by atoms with E-state index in [2.05, 4.69) is 9.97 Å². The maximum Gasteiger partial charge on any atom is 0.342 e. The second-order valence-corrected chi connectivity index (χ2v) is 4.40. The average molecular weight is 316 g/mol. The number of aromatic amines is 1. The van der Waals surface area contributed by atoms with Crippen molar-refractivity contribution in [3.05, 3.63) is 57.8 Å². The van der Waals surface area contributed by atoms with Gasteiger partial charge in [-0.05, 0) is 23.8 Å². The lowest BCUT2D eigenvalue weighted by Crippen LogP contribution is -2.18. The Bertz CT molecular complexity index is 807. The fraction of sp³-hybridized carbons (Fsp3) is 0.0667. The lowest BCUT2D eigenvalue weighted by molar-refractivity contribution is -0.139. The molecule has 8 heteroatoms. The SMILES string of the molecule is O=C(O)COc1ccc(/C=C/c2ncc(C(=O)O)c(=O)[nH]2)cc1. The molecule has 0 bridgehead atoms. The molecule has 2 aromatic rings. The lowest BCUT2D eigenvalue weighted by Gasteiger charge is -2.02. The Morgan fingerprint density at radius 2 is 1.87 bits per heavy atom. The quantitative estimate of drug-likeness (QED) is 0.727. The molecule has 1 heterocycles. The fourth-order valence-corrected chi connectivity index (χ4v) is 1.64. The first-order chi connectivity index (χ1) is 11.0. The number of nitrogens with zero attached hydrogens (tertiary/aromatic N) is 1. The summed E-state index contributed by atoms with van der Waals surface area (Å²) in [7, 11) is 0. The van der Waals surface area contributed by atoms with E-state index < -0.39 is 29.7 Å². The predicted molar refractivity (Wildman–Crippen MR) is 80.3 cm³/mol. The molecule has 0 atom stereocenters. The van der Waals surface area contributed by atoms with Crippen molar-refractivity contribution < 1.29 is 24.5 Å². The summed E-state index contributed by atoms with van der Waals surface area (Å²) in [5.74, 6) is -1.77. The minimum absolute atomic E-state index is 0.214. The van der Waals surface area contributed by atoms with E-state index in [1.807, 2.05) is 0 Å². The molecule has 0 aliphatic rings. The Morgan fingerprint density at radius 3 is 2.43 bits per heavy atom. The van der Waals surface area contributed by atoms with E-state index in [-0.39, 0.29) is 5.82 Å². The summed E-state index contributed by atoms with van der Waals surface area (Å²) in [6, 6.07) is 6.59. The van der Waals surface area contributed by atoms with Gasteiger partial charge < -0.3 is 19.9 Å². The van der Waals surface area contributed by atoms with E-state index in [1.54, 1.807) is 30.3 Å². The Kier molecular flexibility index (Phi) is 4.88. The third-order valence-corrected chi connectivity index (χ3v) is 2.73. The Balaban J connectivity index is 2.08. The second kappa shape index (κ2) is 7.03. The van der Waals surface area contributed by atoms with Crippen molar-refractivity contribution in [1.82, 2.24) is 9.97 Å². The minimum Gasteiger partial charge on any atom is -0.482 e. The van der Waals surface area contributed by atoms with E-state index in [0.29, 0.717) is 5.75 Å². The van der Waals surface area contributed by atoms with Crippen LogP contribution in [0.3, 0.4) is 0 Å². The first-order valence-electron chi connectivity index (χ1n) is 6.41. The highest BCUT2D eigenvalue weighted by molar-refractivity contribution is 5.86. The second-order valence-electron chi connectivity index (χ2n) is 4.40. The molecule has 0 spiro atoms. The number of carboxylic acid groups (broad SMARTS) is 2. The standard InChI is InChI=1S/C15H12N2O6/c18-13(19)8-23-10-4-1-9(2-5-10)3-6-12-16-7-11(15(21)22)14(20)17-12/h1-7H,8H2,(H,18,19)(H,21,22)(H,16,17,20)/b6-3+. The molecule has 1 aromatic heterocycles. The van der Waals surface area contributed by atoms with Gasteiger partial charge in [-0.1, -0.05) is 18.2 Å². The van der Waals surface area contributed by atoms with Gasteiger partial charge in [0.25, 0.3) is 5.56 Å². The van der Waals surface area contributed by atoms with Crippen LogP contribution in [0.15, 0.2) is 35.3 Å². The van der Waals surface area contributed by atoms with E-state index in [1.165, 1.54) is 6.08 Å². The molecule has 0 aliphatic carbocycles. The van der Waals surface area contributed by atoms with Crippen LogP contribution in [0.2, 0.25) is 0 Å². The molecule has 0 saturated heterocycles. The minimum atomic E-state index is -1.34. The van der Waals surface area contributed by atoms with Gasteiger partial charge in [0.05, 0.1) is 0 Å². The molecule has 0 unspecified atom stereocenters. The zero-order valence-electron chi connectivity index (χ0n) is 11.7. The van der Waals surface area contributed by atoms with E-state index >= 15 is 0 Å². The number of aromatic nitrogens is 2. The summed E-state index contributed by atoms with van der Waals surface area (Å²) in [4.78, 5) is 38.8. The summed E-state index contributed by atoms with van der Waals surface area (Å²) in [5.41, 5.74) is -0.399. The summed E-state index contributed by atoms with van der Waals surface area (Å²) in [5, 5.41) is 17.2. The van der Waals surface area contributed by atoms with Gasteiger partial charge in [-0.3, -0.25) is 4.79 Å². The number of hydrogen-bond acceptors (Lipinski definition) is 5. The van der Waals surface area contributed by atoms with Crippen LogP contribution in [-0.2, 0) is 4.79 Å². The van der Waals surface area contributed by atoms with Gasteiger partial charge in [-0.15, -0.1) is 0 Å². The van der Waals surface area contributed by atoms with Gasteiger partial charge in [0.1, 0.15) is 17.1 Å². The van der Waals surface area contributed by atoms with Crippen molar-refractivity contribution in [2.75, 3.05) is 6.61 Å². The summed E-state index contributed by atoms with van der Waals surface area (Å²) < 4.78 is 5.00. The number of carboxylic acids is 2. The van der Waals surface area contributed by atoms with Crippen LogP contribution in [-0.4, -0.2) is 38.7 Å². The van der Waals surface area contributed by atoms with Gasteiger partial charge in [0.15, 0.2) is 6.61 Å². The predicted octanol–water partition coefficient (Wildman–Crippen LogP) is 1.10. The lowest BCUT2D eigenvalue weighted by atomic mass is 10.2. The van der Waals surface area contributed by atoms with Crippen LogP contribution >= 0.6 is 0 Å². The first-order valence-corrected chi connectivity index (χ1v) is 6.41. The number of hydrogen-bond donors (Lipinski definition) is 3. The molecule has 0 amide bonds. The zero-order chi connectivity index (χ0) is 16.8. The molecule has 3 N–H and O–H groups in total. The molecule has 0 aliphatic heterocycles. The summed E-state index contributed by atoms with van der Waals surface area (Å²) in [6.07, 6.45) is 4.16. The van der Waals surface area contributed by atoms with Crippen molar-refractivity contribution in [1.29, 1.82) is 0 Å². The first kappa shape index (κ1) is 16.0. The Hall–Kier alpha value is -3.42. The number of aliphatic carboxylic acids is 1. The van der Waals surface area contributed by atoms with Gasteiger partial charge in [0.2, 0.25) is 0 Å². The van der Waals surface area contributed by atoms with E-state index in [4.69, 9.17) is 14.9 Å². The molecule has 0 saturated carbocycles. The third-order valence-electron chi connectivity index (χ3n) is 2.73. The summed E-state index contributed by atoms with van der Waals surface area (Å²) >= 11 is 0. The van der Waals surface area contributed by atoms with Crippen LogP contribution in [0.4, 0.5) is 0 Å². The van der Waals surface area contributed by atoms with Crippen molar-refractivity contribution in [3.8, 4) is 5.75 Å². The van der Waals surface area contributed by atoms with Gasteiger partial charge in [-0.25, -0.2) is 14.6 Å². The largest absolute Gasteiger partial charge is 0.482 e. The number of ether oxygens (including phenoxy) is 1. The maximum atomic E-state index is 11.5. The van der Waals surface area contributed by atoms with E-state index in [9.17, 15) is 14.4 Å². The Labute approximate surface area is 129 Å². The van der Waals surface area contributed by atoms with Crippen LogP contribution in [0, 0.1) is 0 Å². The number of benzene rings is 1. The van der Waals surface area contributed by atoms with Gasteiger partial charge in [-0.2, -0.15) is 0 Å². The third kappa shape index (κ3) is 4.53. The molecular weight excluding hydrogens is 304 g/mol. The molecule has 8 nitrogen and oxygen atoms in total. The van der Waals surface area contributed by atoms with Crippen molar-refractivity contribution in [2.24, 2.45) is 0 Å². The number of carbonyl (C=O) groups is 2. The van der Waals surface area contributed by atoms with Crippen LogP contribution in [0.1, 0.15) is 21.7 Å². The van der Waals surface area contributed by atoms with Crippen LogP contribution in [0.25, 0.3) is 12.2 Å². The monoisotopic (exact) mass is 316 g/mol. The molecule has 23 heavy (non-hydrogen) atoms. The number of rotatable bonds is 6. The smallest absolute Gasteiger partial charge is 0.342 e. The van der Waals surface area contributed by atoms with E-state index in [0.717, 1.165) is 11.8 Å². The Morgan fingerprint density at radius 1 is 1.17 bits per heavy atom. The number of H-pyrrole nitrogens is 1. The maximum absolute atomic E-state index is 11.5. The molecule has 2 rings (SSSR count). The number of aromatic carboxylic acids is 1. The molecule has 118 valence electrons. The molecule has 1 aromatic carbocycles. The van der Waals surface area contributed by atoms with Gasteiger partial charge in [0, 0.05) is 6.20 Å². The molecule has 0 radical (unpaired) electrons. The highest BCUT2D eigenvalue weighted by Gasteiger charge is 2.08. The molecular formula is C15H12N2O6. The average Bonchev–Trinajstić information content (AvgIpc) is 2.51. The molecule has 0 fully saturated rings. The highest BCUT2D eigenvalue weighted by atomic mass is 16.5. The van der Waals surface area contributed by atoms with Gasteiger partial charge >= 0.3 is 11.9 Å². The summed E-state index contributed by atoms with van der Waals surface area (Å²) in [6.45, 7) is -0.420. The van der Waals surface area contributed by atoms with Crippen molar-refractivity contribution in [3.63, 3.8) is 0 Å². The van der Waals surface area contributed by atoms with Crippen molar-refractivity contribution >= 4 is 24.1 Å². The highest BCUT2D eigenvalue weighted by Crippen LogP contribution is 2.13. The van der Waals surface area contributed by atoms with Crippen LogP contribution < -0.4 is 10.3 Å². The number of nitrogens with one attached hydrogen (secondary N) is 1. The fourth-order valence-electron chi connectivity index (χ4n) is 1.64. The normalized spacial score (nSPS) is 10.6. The van der Waals surface area contributed by atoms with Crippen LogP contribution in [0.5, 0.6) is 5.75 Å². The zero-order valence-corrected chi connectivity index (χ0v) is 11.7. The van der Waals surface area contributed by atoms with Crippen molar-refractivity contribution in [2.45, 2.75) is 0 Å².